The molecule has 33 heavy (non-hydrogen) atoms. The van der Waals surface area contributed by atoms with Gasteiger partial charge in [0.1, 0.15) is 6.17 Å². The van der Waals surface area contributed by atoms with Crippen molar-refractivity contribution in [2.75, 3.05) is 0 Å². The van der Waals surface area contributed by atoms with Crippen LogP contribution in [0.25, 0.3) is 0 Å². The third-order valence-corrected chi connectivity index (χ3v) is 11.0. The Bertz CT molecular complexity index is 602. The summed E-state index contributed by atoms with van der Waals surface area (Å²) >= 11 is 0. The SMILES string of the molecule is CCCCCCCC1CCC(C2CC[C@]3(CC2)C(=O)[C@@]2(CCC(CCCC)CC2)[C@H]3F)CC1. The van der Waals surface area contributed by atoms with Gasteiger partial charge in [0.25, 0.3) is 0 Å². The van der Waals surface area contributed by atoms with Gasteiger partial charge in [-0.15, -0.1) is 0 Å². The monoisotopic (exact) mass is 460 g/mol. The highest BCUT2D eigenvalue weighted by Gasteiger charge is 2.71. The Balaban J connectivity index is 1.19. The maximum Gasteiger partial charge on any atom is 0.151 e. The van der Waals surface area contributed by atoms with Crippen LogP contribution in [0.4, 0.5) is 4.39 Å². The van der Waals surface area contributed by atoms with Gasteiger partial charge in [0.05, 0.1) is 10.8 Å². The van der Waals surface area contributed by atoms with Crippen LogP contribution in [0.3, 0.4) is 0 Å². The highest BCUT2D eigenvalue weighted by atomic mass is 19.1. The molecule has 0 aliphatic heterocycles. The molecule has 4 saturated carbocycles. The maximum absolute atomic E-state index is 15.8. The summed E-state index contributed by atoms with van der Waals surface area (Å²) in [6, 6.07) is 0. The molecular formula is C31H53FO. The molecule has 1 atom stereocenters. The molecule has 190 valence electrons. The standard InChI is InChI=1S/C31H53FO/c1-3-5-7-8-9-11-24-12-14-26(15-13-24)27-18-22-31(23-19-27)28(32)30(29(31)33)20-16-25(17-21-30)10-6-4-2/h24-28H,3-23H2,1-2H3/t24?,25?,26?,27?,28-,30-,31-/m1/s1. The lowest BCUT2D eigenvalue weighted by atomic mass is 9.41. The predicted molar refractivity (Wildman–Crippen MR) is 137 cm³/mol. The summed E-state index contributed by atoms with van der Waals surface area (Å²) in [6.07, 6.45) is 24.9. The third-order valence-electron chi connectivity index (χ3n) is 11.0. The van der Waals surface area contributed by atoms with E-state index in [2.05, 4.69) is 13.8 Å². The summed E-state index contributed by atoms with van der Waals surface area (Å²) in [5.74, 6) is 3.70. The van der Waals surface area contributed by atoms with Crippen molar-refractivity contribution < 1.29 is 9.18 Å². The van der Waals surface area contributed by atoms with E-state index in [-0.39, 0.29) is 0 Å². The Morgan fingerprint density at radius 1 is 0.636 bits per heavy atom. The minimum atomic E-state index is -0.839. The Morgan fingerprint density at radius 3 is 1.70 bits per heavy atom. The molecule has 0 bridgehead atoms. The van der Waals surface area contributed by atoms with Crippen molar-refractivity contribution in [1.82, 2.24) is 0 Å². The number of hydrogen-bond acceptors (Lipinski definition) is 1. The Labute approximate surface area is 204 Å². The van der Waals surface area contributed by atoms with E-state index in [9.17, 15) is 4.79 Å². The quantitative estimate of drug-likeness (QED) is 0.296. The first-order valence-corrected chi connectivity index (χ1v) is 15.2. The van der Waals surface area contributed by atoms with E-state index < -0.39 is 17.0 Å². The second kappa shape index (κ2) is 11.6. The van der Waals surface area contributed by atoms with Crippen molar-refractivity contribution in [2.45, 2.75) is 155 Å². The fourth-order valence-corrected chi connectivity index (χ4v) is 8.72. The predicted octanol–water partition coefficient (Wildman–Crippen LogP) is 9.62. The van der Waals surface area contributed by atoms with Crippen LogP contribution < -0.4 is 0 Å². The van der Waals surface area contributed by atoms with Gasteiger partial charge in [0.2, 0.25) is 0 Å². The van der Waals surface area contributed by atoms with Crippen LogP contribution in [0.15, 0.2) is 0 Å². The van der Waals surface area contributed by atoms with Crippen molar-refractivity contribution in [2.24, 2.45) is 34.5 Å². The van der Waals surface area contributed by atoms with E-state index in [4.69, 9.17) is 0 Å². The van der Waals surface area contributed by atoms with E-state index >= 15 is 4.39 Å². The van der Waals surface area contributed by atoms with Crippen molar-refractivity contribution in [3.05, 3.63) is 0 Å². The second-order valence-electron chi connectivity index (χ2n) is 12.9. The van der Waals surface area contributed by atoms with Crippen LogP contribution in [-0.4, -0.2) is 12.0 Å². The van der Waals surface area contributed by atoms with Gasteiger partial charge in [-0.05, 0) is 87.9 Å². The summed E-state index contributed by atoms with van der Waals surface area (Å²) in [7, 11) is 0. The molecule has 0 aromatic heterocycles. The molecule has 4 rings (SSSR count). The van der Waals surface area contributed by atoms with Gasteiger partial charge in [-0.3, -0.25) is 4.79 Å². The first-order chi connectivity index (χ1) is 16.1. The molecule has 0 amide bonds. The zero-order valence-corrected chi connectivity index (χ0v) is 22.0. The average Bonchev–Trinajstić information content (AvgIpc) is 2.87. The number of hydrogen-bond donors (Lipinski definition) is 0. The van der Waals surface area contributed by atoms with Gasteiger partial charge in [-0.2, -0.15) is 0 Å². The van der Waals surface area contributed by atoms with Crippen molar-refractivity contribution >= 4 is 5.78 Å². The Hall–Kier alpha value is -0.400. The molecule has 2 spiro atoms. The van der Waals surface area contributed by atoms with E-state index in [1.807, 2.05) is 0 Å². The van der Waals surface area contributed by atoms with E-state index in [1.54, 1.807) is 0 Å². The Kier molecular flexibility index (Phi) is 9.00. The number of carbonyl (C=O) groups is 1. The fourth-order valence-electron chi connectivity index (χ4n) is 8.72. The lowest BCUT2D eigenvalue weighted by molar-refractivity contribution is -0.194. The van der Waals surface area contributed by atoms with Crippen LogP contribution >= 0.6 is 0 Å². The number of alkyl halides is 1. The molecule has 4 fully saturated rings. The molecule has 0 radical (unpaired) electrons. The van der Waals surface area contributed by atoms with Crippen LogP contribution in [0.2, 0.25) is 0 Å². The zero-order valence-electron chi connectivity index (χ0n) is 22.0. The normalized spacial score (nSPS) is 41.4. The van der Waals surface area contributed by atoms with Gasteiger partial charge >= 0.3 is 0 Å². The van der Waals surface area contributed by atoms with Gasteiger partial charge in [0, 0.05) is 0 Å². The Morgan fingerprint density at radius 2 is 1.12 bits per heavy atom. The minimum absolute atomic E-state index is 0.363. The topological polar surface area (TPSA) is 17.1 Å². The molecule has 0 saturated heterocycles. The van der Waals surface area contributed by atoms with E-state index in [0.29, 0.717) is 5.78 Å². The molecule has 0 heterocycles. The summed E-state index contributed by atoms with van der Waals surface area (Å²) in [4.78, 5) is 13.5. The number of carbonyl (C=O) groups excluding carboxylic acids is 1. The third kappa shape index (κ3) is 5.25. The van der Waals surface area contributed by atoms with Crippen LogP contribution in [0.5, 0.6) is 0 Å². The lowest BCUT2D eigenvalue weighted by Crippen LogP contribution is -2.69. The number of ketones is 1. The zero-order chi connectivity index (χ0) is 23.3. The molecule has 4 aliphatic rings. The summed E-state index contributed by atoms with van der Waals surface area (Å²) in [5.41, 5.74) is -1.13. The van der Waals surface area contributed by atoms with Gasteiger partial charge in [0.15, 0.2) is 5.78 Å². The smallest absolute Gasteiger partial charge is 0.151 e. The van der Waals surface area contributed by atoms with Gasteiger partial charge in [-0.1, -0.05) is 84.5 Å². The second-order valence-corrected chi connectivity index (χ2v) is 12.9. The lowest BCUT2D eigenvalue weighted by Gasteiger charge is -2.61. The molecule has 0 aromatic rings. The molecule has 4 aliphatic carbocycles. The van der Waals surface area contributed by atoms with Gasteiger partial charge < -0.3 is 0 Å². The fraction of sp³-hybridized carbons (Fsp3) is 0.968. The number of rotatable bonds is 10. The van der Waals surface area contributed by atoms with E-state index in [1.165, 1.54) is 83.5 Å². The molecule has 2 heteroatoms. The number of unbranched alkanes of at least 4 members (excludes halogenated alkanes) is 5. The maximum atomic E-state index is 15.8. The van der Waals surface area contributed by atoms with Crippen LogP contribution in [0.1, 0.15) is 149 Å². The largest absolute Gasteiger partial charge is 0.298 e. The van der Waals surface area contributed by atoms with Crippen molar-refractivity contribution in [3.63, 3.8) is 0 Å². The molecule has 0 aromatic carbocycles. The summed E-state index contributed by atoms with van der Waals surface area (Å²) in [5, 5.41) is 0. The molecule has 1 nitrogen and oxygen atoms in total. The van der Waals surface area contributed by atoms with Crippen LogP contribution in [0, 0.1) is 34.5 Å². The van der Waals surface area contributed by atoms with Crippen molar-refractivity contribution in [3.8, 4) is 0 Å². The molecule has 0 N–H and O–H groups in total. The van der Waals surface area contributed by atoms with Crippen molar-refractivity contribution in [1.29, 1.82) is 0 Å². The summed E-state index contributed by atoms with van der Waals surface area (Å²) in [6.45, 7) is 4.54. The molecule has 0 unspecified atom stereocenters. The van der Waals surface area contributed by atoms with Gasteiger partial charge in [-0.25, -0.2) is 4.39 Å². The highest BCUT2D eigenvalue weighted by Crippen LogP contribution is 2.66. The average molecular weight is 461 g/mol. The summed E-state index contributed by atoms with van der Waals surface area (Å²) < 4.78 is 15.8. The number of Topliss-reactive ketones (excluding diaryl/α,β-unsaturated/α-hetero) is 1. The van der Waals surface area contributed by atoms with E-state index in [0.717, 1.165) is 75.0 Å². The molecular weight excluding hydrogens is 407 g/mol. The first-order valence-electron chi connectivity index (χ1n) is 15.2. The minimum Gasteiger partial charge on any atom is -0.298 e. The highest BCUT2D eigenvalue weighted by molar-refractivity contribution is 5.98. The van der Waals surface area contributed by atoms with Crippen LogP contribution in [-0.2, 0) is 4.79 Å². The first kappa shape index (κ1) is 25.7. The number of halogens is 1.